The van der Waals surface area contributed by atoms with Gasteiger partial charge in [-0.2, -0.15) is 0 Å². The van der Waals surface area contributed by atoms with Crippen molar-refractivity contribution in [3.05, 3.63) is 22.8 Å². The summed E-state index contributed by atoms with van der Waals surface area (Å²) < 4.78 is 0. The standard InChI is InChI=1S/C13H21ClN4O/c1-5-18(9-13(19)17(3)4)8-11-10(14)6-7-12(15-2)16-11/h6-7H,5,8-9H2,1-4H3,(H,15,16). The monoisotopic (exact) mass is 284 g/mol. The molecule has 6 heteroatoms. The Labute approximate surface area is 119 Å². The van der Waals surface area contributed by atoms with Crippen LogP contribution in [0.2, 0.25) is 5.02 Å². The first-order chi connectivity index (χ1) is 8.97. The second-order valence-electron chi connectivity index (χ2n) is 4.47. The molecule has 1 amide bonds. The van der Waals surface area contributed by atoms with Crippen LogP contribution in [0.4, 0.5) is 5.82 Å². The molecule has 0 unspecified atom stereocenters. The van der Waals surface area contributed by atoms with E-state index in [4.69, 9.17) is 11.6 Å². The zero-order chi connectivity index (χ0) is 14.4. The molecule has 0 atom stereocenters. The molecule has 1 N–H and O–H groups in total. The normalized spacial score (nSPS) is 10.6. The highest BCUT2D eigenvalue weighted by Gasteiger charge is 2.13. The molecular weight excluding hydrogens is 264 g/mol. The average molecular weight is 285 g/mol. The third-order valence-corrected chi connectivity index (χ3v) is 3.20. The molecule has 1 aromatic heterocycles. The quantitative estimate of drug-likeness (QED) is 0.864. The Morgan fingerprint density at radius 1 is 1.42 bits per heavy atom. The largest absolute Gasteiger partial charge is 0.373 e. The summed E-state index contributed by atoms with van der Waals surface area (Å²) in [5, 5.41) is 3.60. The van der Waals surface area contributed by atoms with Gasteiger partial charge in [-0.25, -0.2) is 4.98 Å². The summed E-state index contributed by atoms with van der Waals surface area (Å²) in [7, 11) is 5.32. The Bertz CT molecular complexity index is 437. The molecule has 0 aliphatic rings. The summed E-state index contributed by atoms with van der Waals surface area (Å²) in [6.45, 7) is 3.70. The van der Waals surface area contributed by atoms with Crippen molar-refractivity contribution in [1.82, 2.24) is 14.8 Å². The van der Waals surface area contributed by atoms with Crippen LogP contribution in [0, 0.1) is 0 Å². The van der Waals surface area contributed by atoms with Crippen LogP contribution in [0.1, 0.15) is 12.6 Å². The highest BCUT2D eigenvalue weighted by atomic mass is 35.5. The molecule has 0 aromatic carbocycles. The first-order valence-corrected chi connectivity index (χ1v) is 6.61. The fourth-order valence-electron chi connectivity index (χ4n) is 1.56. The Balaban J connectivity index is 2.77. The predicted octanol–water partition coefficient (Wildman–Crippen LogP) is 1.69. The first-order valence-electron chi connectivity index (χ1n) is 6.23. The number of nitrogens with one attached hydrogen (secondary N) is 1. The maximum atomic E-state index is 11.7. The van der Waals surface area contributed by atoms with E-state index in [2.05, 4.69) is 10.3 Å². The van der Waals surface area contributed by atoms with Crippen LogP contribution in [-0.4, -0.2) is 54.9 Å². The van der Waals surface area contributed by atoms with Crippen molar-refractivity contribution in [2.75, 3.05) is 39.5 Å². The Hall–Kier alpha value is -1.33. The molecule has 106 valence electrons. The number of hydrogen-bond donors (Lipinski definition) is 1. The van der Waals surface area contributed by atoms with E-state index >= 15 is 0 Å². The van der Waals surface area contributed by atoms with E-state index < -0.39 is 0 Å². The SMILES string of the molecule is CCN(CC(=O)N(C)C)Cc1nc(NC)ccc1Cl. The first kappa shape index (κ1) is 15.7. The van der Waals surface area contributed by atoms with Crippen LogP contribution < -0.4 is 5.32 Å². The molecule has 0 radical (unpaired) electrons. The summed E-state index contributed by atoms with van der Waals surface area (Å²) >= 11 is 6.14. The van der Waals surface area contributed by atoms with Gasteiger partial charge in [-0.1, -0.05) is 18.5 Å². The van der Waals surface area contributed by atoms with Crippen LogP contribution >= 0.6 is 11.6 Å². The molecular formula is C13H21ClN4O. The Morgan fingerprint density at radius 3 is 2.63 bits per heavy atom. The minimum atomic E-state index is 0.0720. The number of nitrogens with zero attached hydrogens (tertiary/aromatic N) is 3. The van der Waals surface area contributed by atoms with Crippen LogP contribution in [0.3, 0.4) is 0 Å². The molecule has 0 fully saturated rings. The van der Waals surface area contributed by atoms with E-state index in [1.807, 2.05) is 31.0 Å². The molecule has 0 bridgehead atoms. The molecule has 0 saturated heterocycles. The number of aromatic nitrogens is 1. The maximum absolute atomic E-state index is 11.7. The van der Waals surface area contributed by atoms with Crippen LogP contribution in [0.5, 0.6) is 0 Å². The van der Waals surface area contributed by atoms with Gasteiger partial charge in [0.15, 0.2) is 0 Å². The fourth-order valence-corrected chi connectivity index (χ4v) is 1.72. The molecule has 1 aromatic rings. The van der Waals surface area contributed by atoms with Crippen molar-refractivity contribution >= 4 is 23.3 Å². The zero-order valence-electron chi connectivity index (χ0n) is 11.9. The minimum Gasteiger partial charge on any atom is -0.373 e. The summed E-state index contributed by atoms with van der Waals surface area (Å²) in [5.74, 6) is 0.845. The van der Waals surface area contributed by atoms with E-state index in [1.54, 1.807) is 19.0 Å². The van der Waals surface area contributed by atoms with Crippen LogP contribution in [-0.2, 0) is 11.3 Å². The number of carbonyl (C=O) groups is 1. The number of anilines is 1. The highest BCUT2D eigenvalue weighted by Crippen LogP contribution is 2.18. The molecule has 19 heavy (non-hydrogen) atoms. The van der Waals surface area contributed by atoms with Crippen molar-refractivity contribution < 1.29 is 4.79 Å². The summed E-state index contributed by atoms with van der Waals surface area (Å²) in [5.41, 5.74) is 0.780. The smallest absolute Gasteiger partial charge is 0.236 e. The molecule has 0 aliphatic heterocycles. The average Bonchev–Trinajstić information content (AvgIpc) is 2.39. The lowest BCUT2D eigenvalue weighted by Crippen LogP contribution is -2.36. The number of carbonyl (C=O) groups excluding carboxylic acids is 1. The maximum Gasteiger partial charge on any atom is 0.236 e. The van der Waals surface area contributed by atoms with E-state index in [-0.39, 0.29) is 5.91 Å². The fraction of sp³-hybridized carbons (Fsp3) is 0.538. The van der Waals surface area contributed by atoms with Gasteiger partial charge in [0.1, 0.15) is 5.82 Å². The summed E-state index contributed by atoms with van der Waals surface area (Å²) in [6, 6.07) is 3.64. The van der Waals surface area contributed by atoms with Crippen LogP contribution in [0.25, 0.3) is 0 Å². The topological polar surface area (TPSA) is 48.5 Å². The van der Waals surface area contributed by atoms with E-state index in [0.717, 1.165) is 18.1 Å². The number of halogens is 1. The van der Waals surface area contributed by atoms with Gasteiger partial charge >= 0.3 is 0 Å². The Kier molecular flexibility index (Phi) is 6.05. The molecule has 5 nitrogen and oxygen atoms in total. The predicted molar refractivity (Wildman–Crippen MR) is 78.4 cm³/mol. The van der Waals surface area contributed by atoms with Gasteiger partial charge in [-0.05, 0) is 18.7 Å². The van der Waals surface area contributed by atoms with E-state index in [0.29, 0.717) is 18.1 Å². The lowest BCUT2D eigenvalue weighted by Gasteiger charge is -2.22. The second-order valence-corrected chi connectivity index (χ2v) is 4.87. The van der Waals surface area contributed by atoms with Gasteiger partial charge in [0.05, 0.1) is 17.3 Å². The summed E-state index contributed by atoms with van der Waals surface area (Å²) in [6.07, 6.45) is 0. The lowest BCUT2D eigenvalue weighted by atomic mass is 10.3. The Morgan fingerprint density at radius 2 is 2.11 bits per heavy atom. The molecule has 1 heterocycles. The third kappa shape index (κ3) is 4.69. The van der Waals surface area contributed by atoms with Gasteiger partial charge in [0.25, 0.3) is 0 Å². The van der Waals surface area contributed by atoms with Crippen LogP contribution in [0.15, 0.2) is 12.1 Å². The molecule has 0 spiro atoms. The zero-order valence-corrected chi connectivity index (χ0v) is 12.7. The molecule has 0 saturated carbocycles. The second kappa shape index (κ2) is 7.31. The van der Waals surface area contributed by atoms with Crippen molar-refractivity contribution in [3.63, 3.8) is 0 Å². The van der Waals surface area contributed by atoms with Gasteiger partial charge in [0.2, 0.25) is 5.91 Å². The van der Waals surface area contributed by atoms with Gasteiger partial charge in [0, 0.05) is 27.7 Å². The van der Waals surface area contributed by atoms with Gasteiger partial charge < -0.3 is 10.2 Å². The lowest BCUT2D eigenvalue weighted by molar-refractivity contribution is -0.130. The highest BCUT2D eigenvalue weighted by molar-refractivity contribution is 6.31. The number of amides is 1. The van der Waals surface area contributed by atoms with Crippen molar-refractivity contribution in [3.8, 4) is 0 Å². The summed E-state index contributed by atoms with van der Waals surface area (Å²) in [4.78, 5) is 19.7. The van der Waals surface area contributed by atoms with Crippen molar-refractivity contribution in [2.24, 2.45) is 0 Å². The van der Waals surface area contributed by atoms with Crippen molar-refractivity contribution in [2.45, 2.75) is 13.5 Å². The number of likely N-dealkylation sites (N-methyl/N-ethyl adjacent to an activating group) is 2. The van der Waals surface area contributed by atoms with Gasteiger partial charge in [-0.3, -0.25) is 9.69 Å². The number of pyridine rings is 1. The third-order valence-electron chi connectivity index (χ3n) is 2.85. The minimum absolute atomic E-state index is 0.0720. The molecule has 0 aliphatic carbocycles. The van der Waals surface area contributed by atoms with E-state index in [1.165, 1.54) is 0 Å². The van der Waals surface area contributed by atoms with Gasteiger partial charge in [-0.15, -0.1) is 0 Å². The van der Waals surface area contributed by atoms with Crippen molar-refractivity contribution in [1.29, 1.82) is 0 Å². The molecule has 1 rings (SSSR count). The van der Waals surface area contributed by atoms with E-state index in [9.17, 15) is 4.79 Å². The number of rotatable bonds is 6. The number of hydrogen-bond acceptors (Lipinski definition) is 4.